The summed E-state index contributed by atoms with van der Waals surface area (Å²) < 4.78 is 11.1. The van der Waals surface area contributed by atoms with Crippen LogP contribution in [0.3, 0.4) is 0 Å². The Morgan fingerprint density at radius 3 is 2.22 bits per heavy atom. The van der Waals surface area contributed by atoms with Gasteiger partial charge in [0.2, 0.25) is 0 Å². The van der Waals surface area contributed by atoms with Crippen LogP contribution in [0.4, 0.5) is 0 Å². The first-order chi connectivity index (χ1) is 15.6. The number of esters is 1. The molecule has 3 aromatic rings. The van der Waals surface area contributed by atoms with E-state index in [1.54, 1.807) is 7.11 Å². The summed E-state index contributed by atoms with van der Waals surface area (Å²) in [6.45, 7) is 3.93. The Labute approximate surface area is 191 Å². The Morgan fingerprint density at radius 2 is 1.56 bits per heavy atom. The molecule has 0 aliphatic carbocycles. The zero-order chi connectivity index (χ0) is 22.8. The van der Waals surface area contributed by atoms with E-state index in [4.69, 9.17) is 9.47 Å². The van der Waals surface area contributed by atoms with Crippen LogP contribution in [0.15, 0.2) is 84.9 Å². The van der Waals surface area contributed by atoms with E-state index in [2.05, 4.69) is 36.2 Å². The number of ether oxygens (including phenoxy) is 2. The molecule has 0 radical (unpaired) electrons. The summed E-state index contributed by atoms with van der Waals surface area (Å²) in [7, 11) is 3.76. The number of hydrogen-bond donors (Lipinski definition) is 0. The number of benzene rings is 3. The molecule has 0 N–H and O–H groups in total. The van der Waals surface area contributed by atoms with Crippen molar-refractivity contribution in [2.45, 2.75) is 31.7 Å². The second-order valence-electron chi connectivity index (χ2n) is 8.05. The molecule has 0 saturated carbocycles. The predicted octanol–water partition coefficient (Wildman–Crippen LogP) is 5.46. The highest BCUT2D eigenvalue weighted by Crippen LogP contribution is 2.39. The van der Waals surface area contributed by atoms with E-state index in [9.17, 15) is 4.79 Å². The highest BCUT2D eigenvalue weighted by Gasteiger charge is 2.43. The number of hydrogen-bond acceptors (Lipinski definition) is 4. The lowest BCUT2D eigenvalue weighted by molar-refractivity contribution is -0.148. The van der Waals surface area contributed by atoms with Gasteiger partial charge in [-0.25, -0.2) is 0 Å². The van der Waals surface area contributed by atoms with Crippen LogP contribution in [0.25, 0.3) is 0 Å². The number of rotatable bonds is 11. The van der Waals surface area contributed by atoms with Gasteiger partial charge in [0, 0.05) is 6.54 Å². The second-order valence-corrected chi connectivity index (χ2v) is 8.05. The zero-order valence-electron chi connectivity index (χ0n) is 19.3. The SMILES string of the molecule is CCOC(=O)C(CCCN(C)Cc1ccccc1)(c1ccccc1)c1cccc(OC)c1. The first-order valence-electron chi connectivity index (χ1n) is 11.2. The summed E-state index contributed by atoms with van der Waals surface area (Å²) in [4.78, 5) is 15.8. The van der Waals surface area contributed by atoms with E-state index < -0.39 is 5.41 Å². The predicted molar refractivity (Wildman–Crippen MR) is 129 cm³/mol. The van der Waals surface area contributed by atoms with Gasteiger partial charge in [-0.2, -0.15) is 0 Å². The fourth-order valence-corrected chi connectivity index (χ4v) is 4.25. The first-order valence-corrected chi connectivity index (χ1v) is 11.2. The van der Waals surface area contributed by atoms with Crippen molar-refractivity contribution >= 4 is 5.97 Å². The fraction of sp³-hybridized carbons (Fsp3) is 0.321. The second kappa shape index (κ2) is 11.5. The average molecular weight is 432 g/mol. The largest absolute Gasteiger partial charge is 0.497 e. The van der Waals surface area contributed by atoms with Gasteiger partial charge >= 0.3 is 5.97 Å². The normalized spacial score (nSPS) is 12.9. The maximum atomic E-state index is 13.6. The van der Waals surface area contributed by atoms with Gasteiger partial charge in [-0.05, 0) is 62.2 Å². The molecular formula is C28H33NO3. The molecule has 1 unspecified atom stereocenters. The van der Waals surface area contributed by atoms with Crippen LogP contribution in [-0.4, -0.2) is 38.2 Å². The third-order valence-corrected chi connectivity index (χ3v) is 5.84. The maximum Gasteiger partial charge on any atom is 0.321 e. The number of methoxy groups -OCH3 is 1. The lowest BCUT2D eigenvalue weighted by Crippen LogP contribution is -2.39. The molecule has 4 nitrogen and oxygen atoms in total. The van der Waals surface area contributed by atoms with Crippen LogP contribution in [0, 0.1) is 0 Å². The third kappa shape index (κ3) is 5.57. The number of nitrogens with zero attached hydrogens (tertiary/aromatic N) is 1. The molecule has 0 bridgehead atoms. The van der Waals surface area contributed by atoms with E-state index in [1.807, 2.05) is 67.6 Å². The van der Waals surface area contributed by atoms with Crippen LogP contribution in [-0.2, 0) is 21.5 Å². The van der Waals surface area contributed by atoms with Crippen molar-refractivity contribution in [2.75, 3.05) is 27.3 Å². The fourth-order valence-electron chi connectivity index (χ4n) is 4.25. The molecule has 3 aromatic carbocycles. The van der Waals surface area contributed by atoms with Crippen LogP contribution >= 0.6 is 0 Å². The highest BCUT2D eigenvalue weighted by molar-refractivity contribution is 5.88. The number of carbonyl (C=O) groups is 1. The Balaban J connectivity index is 1.90. The molecule has 0 aliphatic heterocycles. The van der Waals surface area contributed by atoms with Crippen molar-refractivity contribution in [2.24, 2.45) is 0 Å². The minimum atomic E-state index is -0.889. The minimum Gasteiger partial charge on any atom is -0.497 e. The molecule has 0 aliphatic rings. The van der Waals surface area contributed by atoms with Gasteiger partial charge in [-0.15, -0.1) is 0 Å². The van der Waals surface area contributed by atoms with Gasteiger partial charge < -0.3 is 14.4 Å². The molecular weight excluding hydrogens is 398 g/mol. The van der Waals surface area contributed by atoms with Crippen molar-refractivity contribution in [3.63, 3.8) is 0 Å². The molecule has 168 valence electrons. The van der Waals surface area contributed by atoms with Crippen molar-refractivity contribution in [3.8, 4) is 5.75 Å². The highest BCUT2D eigenvalue weighted by atomic mass is 16.5. The molecule has 0 saturated heterocycles. The average Bonchev–Trinajstić information content (AvgIpc) is 2.83. The van der Waals surface area contributed by atoms with Gasteiger partial charge in [0.1, 0.15) is 11.2 Å². The Hall–Kier alpha value is -3.11. The molecule has 4 heteroatoms. The quantitative estimate of drug-likeness (QED) is 0.378. The van der Waals surface area contributed by atoms with E-state index in [0.717, 1.165) is 36.4 Å². The first kappa shape index (κ1) is 23.6. The van der Waals surface area contributed by atoms with Crippen molar-refractivity contribution < 1.29 is 14.3 Å². The molecule has 0 spiro atoms. The summed E-state index contributed by atoms with van der Waals surface area (Å²) in [5.74, 6) is 0.512. The van der Waals surface area contributed by atoms with Gasteiger partial charge in [0.25, 0.3) is 0 Å². The van der Waals surface area contributed by atoms with Gasteiger partial charge in [0.15, 0.2) is 0 Å². The van der Waals surface area contributed by atoms with Crippen molar-refractivity contribution in [1.29, 1.82) is 0 Å². The van der Waals surface area contributed by atoms with Crippen LogP contribution in [0.5, 0.6) is 5.75 Å². The van der Waals surface area contributed by atoms with E-state index in [-0.39, 0.29) is 5.97 Å². The zero-order valence-corrected chi connectivity index (χ0v) is 19.3. The molecule has 1 atom stereocenters. The van der Waals surface area contributed by atoms with Crippen molar-refractivity contribution in [1.82, 2.24) is 4.90 Å². The maximum absolute atomic E-state index is 13.6. The Kier molecular flexibility index (Phi) is 8.46. The minimum absolute atomic E-state index is 0.217. The van der Waals surface area contributed by atoms with Crippen molar-refractivity contribution in [3.05, 3.63) is 102 Å². The molecule has 32 heavy (non-hydrogen) atoms. The van der Waals surface area contributed by atoms with Gasteiger partial charge in [-0.3, -0.25) is 4.79 Å². The van der Waals surface area contributed by atoms with E-state index in [1.165, 1.54) is 5.56 Å². The lowest BCUT2D eigenvalue weighted by Gasteiger charge is -2.33. The number of carbonyl (C=O) groups excluding carboxylic acids is 1. The summed E-state index contributed by atoms with van der Waals surface area (Å²) in [6.07, 6.45) is 1.48. The smallest absolute Gasteiger partial charge is 0.321 e. The summed E-state index contributed by atoms with van der Waals surface area (Å²) >= 11 is 0. The van der Waals surface area contributed by atoms with Crippen LogP contribution in [0.1, 0.15) is 36.5 Å². The van der Waals surface area contributed by atoms with Gasteiger partial charge in [-0.1, -0.05) is 72.8 Å². The van der Waals surface area contributed by atoms with Gasteiger partial charge in [0.05, 0.1) is 13.7 Å². The lowest BCUT2D eigenvalue weighted by atomic mass is 9.71. The molecule has 3 rings (SSSR count). The topological polar surface area (TPSA) is 38.8 Å². The summed E-state index contributed by atoms with van der Waals surface area (Å²) in [6, 6.07) is 28.2. The summed E-state index contributed by atoms with van der Waals surface area (Å²) in [5.41, 5.74) is 2.23. The standard InChI is InChI=1S/C28H33NO3/c1-4-32-27(30)28(24-15-9-6-10-16-24,25-17-11-18-26(21-25)31-3)19-12-20-29(2)22-23-13-7-5-8-14-23/h5-11,13-18,21H,4,12,19-20,22H2,1-3H3. The third-order valence-electron chi connectivity index (χ3n) is 5.84. The van der Waals surface area contributed by atoms with E-state index in [0.29, 0.717) is 13.0 Å². The van der Waals surface area contributed by atoms with Crippen LogP contribution in [0.2, 0.25) is 0 Å². The molecule has 0 heterocycles. The summed E-state index contributed by atoms with van der Waals surface area (Å²) in [5, 5.41) is 0. The van der Waals surface area contributed by atoms with E-state index >= 15 is 0 Å². The molecule has 0 fully saturated rings. The molecule has 0 amide bonds. The molecule has 0 aromatic heterocycles. The Morgan fingerprint density at radius 1 is 0.906 bits per heavy atom. The monoisotopic (exact) mass is 431 g/mol. The Bertz CT molecular complexity index is 974. The van der Waals surface area contributed by atoms with Crippen LogP contribution < -0.4 is 4.74 Å².